The van der Waals surface area contributed by atoms with Crippen LogP contribution in [0, 0.1) is 0 Å². The van der Waals surface area contributed by atoms with Gasteiger partial charge in [-0.1, -0.05) is 23.7 Å². The van der Waals surface area contributed by atoms with Crippen LogP contribution in [-0.2, 0) is 19.4 Å². The number of rotatable bonds is 2. The minimum atomic E-state index is 0.718. The van der Waals surface area contributed by atoms with E-state index in [4.69, 9.17) is 17.3 Å². The number of hydrogen-bond acceptors (Lipinski definition) is 2. The first-order valence-corrected chi connectivity index (χ1v) is 6.70. The Labute approximate surface area is 112 Å². The van der Waals surface area contributed by atoms with Crippen LogP contribution in [0.4, 0.5) is 5.82 Å². The summed E-state index contributed by atoms with van der Waals surface area (Å²) in [5, 5.41) is 5.38. The van der Waals surface area contributed by atoms with Crippen LogP contribution in [0.15, 0.2) is 24.3 Å². The third kappa shape index (κ3) is 2.10. The van der Waals surface area contributed by atoms with Gasteiger partial charge in [0.2, 0.25) is 0 Å². The lowest BCUT2D eigenvalue weighted by atomic mass is 9.98. The second kappa shape index (κ2) is 4.65. The highest BCUT2D eigenvalue weighted by Gasteiger charge is 2.18. The Morgan fingerprint density at radius 3 is 2.61 bits per heavy atom. The SMILES string of the molecule is Nc1c2c(nn1Cc1ccc(Cl)cc1)CCCC2. The monoisotopic (exact) mass is 261 g/mol. The Hall–Kier alpha value is -1.48. The van der Waals surface area contributed by atoms with Gasteiger partial charge in [-0.15, -0.1) is 0 Å². The summed E-state index contributed by atoms with van der Waals surface area (Å²) < 4.78 is 1.92. The van der Waals surface area contributed by atoms with E-state index in [2.05, 4.69) is 5.10 Å². The predicted molar refractivity (Wildman–Crippen MR) is 73.8 cm³/mol. The molecule has 3 rings (SSSR count). The van der Waals surface area contributed by atoms with Gasteiger partial charge in [0.25, 0.3) is 0 Å². The molecule has 1 aromatic carbocycles. The van der Waals surface area contributed by atoms with Gasteiger partial charge in [0, 0.05) is 10.6 Å². The van der Waals surface area contributed by atoms with E-state index in [9.17, 15) is 0 Å². The van der Waals surface area contributed by atoms with E-state index in [1.54, 1.807) is 0 Å². The summed E-state index contributed by atoms with van der Waals surface area (Å²) in [4.78, 5) is 0. The van der Waals surface area contributed by atoms with Crippen molar-refractivity contribution in [2.24, 2.45) is 0 Å². The lowest BCUT2D eigenvalue weighted by Gasteiger charge is -2.08. The zero-order chi connectivity index (χ0) is 12.5. The molecule has 0 bridgehead atoms. The molecule has 0 spiro atoms. The molecular weight excluding hydrogens is 246 g/mol. The Balaban J connectivity index is 1.88. The van der Waals surface area contributed by atoms with E-state index < -0.39 is 0 Å². The first-order valence-electron chi connectivity index (χ1n) is 6.32. The van der Waals surface area contributed by atoms with Gasteiger partial charge in [0.1, 0.15) is 5.82 Å². The molecule has 0 saturated heterocycles. The Kier molecular flexibility index (Phi) is 3.00. The van der Waals surface area contributed by atoms with E-state index >= 15 is 0 Å². The average Bonchev–Trinajstić information content (AvgIpc) is 2.70. The number of fused-ring (bicyclic) bond motifs is 1. The number of hydrogen-bond donors (Lipinski definition) is 1. The zero-order valence-corrected chi connectivity index (χ0v) is 11.0. The largest absolute Gasteiger partial charge is 0.384 e. The molecule has 1 aromatic heterocycles. The van der Waals surface area contributed by atoms with Crippen LogP contribution in [-0.4, -0.2) is 9.78 Å². The highest BCUT2D eigenvalue weighted by molar-refractivity contribution is 6.30. The molecule has 0 aliphatic heterocycles. The van der Waals surface area contributed by atoms with Crippen LogP contribution in [0.5, 0.6) is 0 Å². The van der Waals surface area contributed by atoms with Gasteiger partial charge in [-0.3, -0.25) is 0 Å². The normalized spacial score (nSPS) is 14.5. The van der Waals surface area contributed by atoms with Crippen molar-refractivity contribution in [3.05, 3.63) is 46.1 Å². The summed E-state index contributed by atoms with van der Waals surface area (Å²) in [6.07, 6.45) is 4.59. The maximum atomic E-state index is 6.18. The summed E-state index contributed by atoms with van der Waals surface area (Å²) >= 11 is 5.88. The molecule has 0 radical (unpaired) electrons. The molecule has 1 aliphatic rings. The molecule has 18 heavy (non-hydrogen) atoms. The summed E-state index contributed by atoms with van der Waals surface area (Å²) in [7, 11) is 0. The fourth-order valence-electron chi connectivity index (χ4n) is 2.51. The molecule has 2 aromatic rings. The predicted octanol–water partition coefficient (Wildman–Crippen LogP) is 3.05. The van der Waals surface area contributed by atoms with Gasteiger partial charge in [-0.25, -0.2) is 4.68 Å². The minimum Gasteiger partial charge on any atom is -0.384 e. The number of anilines is 1. The van der Waals surface area contributed by atoms with Crippen LogP contribution < -0.4 is 5.73 Å². The van der Waals surface area contributed by atoms with Gasteiger partial charge in [-0.2, -0.15) is 5.10 Å². The summed E-state index contributed by atoms with van der Waals surface area (Å²) in [5.74, 6) is 0.833. The first kappa shape index (κ1) is 11.6. The second-order valence-electron chi connectivity index (χ2n) is 4.80. The van der Waals surface area contributed by atoms with Gasteiger partial charge in [0.15, 0.2) is 0 Å². The standard InChI is InChI=1S/C14H16ClN3/c15-11-7-5-10(6-8-11)9-18-14(16)12-3-1-2-4-13(12)17-18/h5-8H,1-4,9,16H2. The molecule has 4 heteroatoms. The van der Waals surface area contributed by atoms with Gasteiger partial charge < -0.3 is 5.73 Å². The van der Waals surface area contributed by atoms with Crippen LogP contribution >= 0.6 is 11.6 Å². The average molecular weight is 262 g/mol. The number of nitrogens with zero attached hydrogens (tertiary/aromatic N) is 2. The number of nitrogens with two attached hydrogens (primary N) is 1. The number of aryl methyl sites for hydroxylation is 1. The molecule has 3 nitrogen and oxygen atoms in total. The van der Waals surface area contributed by atoms with E-state index in [1.165, 1.54) is 29.7 Å². The highest BCUT2D eigenvalue weighted by Crippen LogP contribution is 2.26. The lowest BCUT2D eigenvalue weighted by molar-refractivity contribution is 0.647. The van der Waals surface area contributed by atoms with Crippen molar-refractivity contribution < 1.29 is 0 Å². The van der Waals surface area contributed by atoms with Crippen molar-refractivity contribution in [3.8, 4) is 0 Å². The number of benzene rings is 1. The summed E-state index contributed by atoms with van der Waals surface area (Å²) in [6, 6.07) is 7.83. The van der Waals surface area contributed by atoms with Crippen LogP contribution in [0.1, 0.15) is 29.7 Å². The van der Waals surface area contributed by atoms with Gasteiger partial charge >= 0.3 is 0 Å². The zero-order valence-electron chi connectivity index (χ0n) is 10.2. The molecule has 0 fully saturated rings. The van der Waals surface area contributed by atoms with Crippen molar-refractivity contribution >= 4 is 17.4 Å². The van der Waals surface area contributed by atoms with Gasteiger partial charge in [0.05, 0.1) is 12.2 Å². The summed E-state index contributed by atoms with van der Waals surface area (Å²) in [5.41, 5.74) is 9.80. The van der Waals surface area contributed by atoms with E-state index in [0.29, 0.717) is 0 Å². The molecule has 94 valence electrons. The topological polar surface area (TPSA) is 43.8 Å². The Morgan fingerprint density at radius 2 is 1.89 bits per heavy atom. The van der Waals surface area contributed by atoms with Crippen molar-refractivity contribution in [1.82, 2.24) is 9.78 Å². The molecule has 0 saturated carbocycles. The van der Waals surface area contributed by atoms with E-state index in [-0.39, 0.29) is 0 Å². The fraction of sp³-hybridized carbons (Fsp3) is 0.357. The molecule has 2 N–H and O–H groups in total. The fourth-order valence-corrected chi connectivity index (χ4v) is 2.64. The Bertz CT molecular complexity index is 557. The molecule has 0 atom stereocenters. The number of halogens is 1. The molecule has 0 unspecified atom stereocenters. The lowest BCUT2D eigenvalue weighted by Crippen LogP contribution is -2.06. The maximum Gasteiger partial charge on any atom is 0.125 e. The van der Waals surface area contributed by atoms with Crippen molar-refractivity contribution in [2.75, 3.05) is 5.73 Å². The third-order valence-corrected chi connectivity index (χ3v) is 3.76. The van der Waals surface area contributed by atoms with E-state index in [0.717, 1.165) is 30.2 Å². The molecule has 1 aliphatic carbocycles. The van der Waals surface area contributed by atoms with Crippen LogP contribution in [0.2, 0.25) is 5.02 Å². The first-order chi connectivity index (χ1) is 8.74. The van der Waals surface area contributed by atoms with Gasteiger partial charge in [-0.05, 0) is 43.4 Å². The number of nitrogen functional groups attached to an aromatic ring is 1. The smallest absolute Gasteiger partial charge is 0.125 e. The highest BCUT2D eigenvalue weighted by atomic mass is 35.5. The summed E-state index contributed by atoms with van der Waals surface area (Å²) in [6.45, 7) is 0.718. The van der Waals surface area contributed by atoms with E-state index in [1.807, 2.05) is 28.9 Å². The van der Waals surface area contributed by atoms with Crippen molar-refractivity contribution in [2.45, 2.75) is 32.2 Å². The third-order valence-electron chi connectivity index (χ3n) is 3.51. The number of aromatic nitrogens is 2. The molecular formula is C14H16ClN3. The van der Waals surface area contributed by atoms with Crippen LogP contribution in [0.3, 0.4) is 0 Å². The Morgan fingerprint density at radius 1 is 1.17 bits per heavy atom. The van der Waals surface area contributed by atoms with Crippen molar-refractivity contribution in [3.63, 3.8) is 0 Å². The van der Waals surface area contributed by atoms with Crippen molar-refractivity contribution in [1.29, 1.82) is 0 Å². The maximum absolute atomic E-state index is 6.18. The molecule has 0 amide bonds. The van der Waals surface area contributed by atoms with Crippen LogP contribution in [0.25, 0.3) is 0 Å². The quantitative estimate of drug-likeness (QED) is 0.903. The second-order valence-corrected chi connectivity index (χ2v) is 5.24. The molecule has 1 heterocycles. The minimum absolute atomic E-state index is 0.718.